The van der Waals surface area contributed by atoms with E-state index in [9.17, 15) is 39.0 Å². The molecule has 5 rings (SSSR count). The summed E-state index contributed by atoms with van der Waals surface area (Å²) in [4.78, 5) is 77.2. The Kier molecular flexibility index (Phi) is 11.3. The van der Waals surface area contributed by atoms with Crippen LogP contribution >= 0.6 is 23.1 Å². The Morgan fingerprint density at radius 1 is 0.706 bits per heavy atom. The number of thiophene rings is 1. The maximum absolute atomic E-state index is 14.0. The fourth-order valence-corrected chi connectivity index (χ4v) is 7.16. The fourth-order valence-electron chi connectivity index (χ4n) is 4.99. The van der Waals surface area contributed by atoms with E-state index in [0.717, 1.165) is 41.3 Å². The second-order valence-corrected chi connectivity index (χ2v) is 13.0. The van der Waals surface area contributed by atoms with Gasteiger partial charge >= 0.3 is 17.9 Å². The number of esters is 1. The maximum Gasteiger partial charge on any atom is 0.341 e. The van der Waals surface area contributed by atoms with Gasteiger partial charge in [-0.15, -0.1) is 23.1 Å². The number of hydrogen-bond acceptors (Lipinski definition) is 9. The Balaban J connectivity index is 1.41. The Morgan fingerprint density at radius 3 is 2.00 bits per heavy atom. The number of benzene rings is 4. The number of rotatable bonds is 12. The van der Waals surface area contributed by atoms with Gasteiger partial charge in [0.15, 0.2) is 0 Å². The first kappa shape index (κ1) is 36.0. The van der Waals surface area contributed by atoms with E-state index in [1.165, 1.54) is 7.11 Å². The van der Waals surface area contributed by atoms with Crippen LogP contribution in [-0.2, 0) is 9.53 Å². The number of carboxylic acids is 2. The number of amides is 3. The van der Waals surface area contributed by atoms with Crippen molar-refractivity contribution in [2.24, 2.45) is 0 Å². The summed E-state index contributed by atoms with van der Waals surface area (Å²) in [5.74, 6) is -5.28. The van der Waals surface area contributed by atoms with E-state index in [1.807, 2.05) is 6.07 Å². The number of methoxy groups -OCH3 is 1. The van der Waals surface area contributed by atoms with Gasteiger partial charge in [-0.05, 0) is 66.6 Å². The molecule has 1 unspecified atom stereocenters. The molecule has 0 aliphatic carbocycles. The first-order valence-corrected chi connectivity index (χ1v) is 16.8. The summed E-state index contributed by atoms with van der Waals surface area (Å²) in [6.45, 7) is 1.60. The van der Waals surface area contributed by atoms with Crippen LogP contribution in [-0.4, -0.2) is 53.0 Å². The molecule has 14 heteroatoms. The van der Waals surface area contributed by atoms with E-state index in [0.29, 0.717) is 21.7 Å². The second-order valence-electron chi connectivity index (χ2n) is 10.8. The van der Waals surface area contributed by atoms with Crippen LogP contribution in [0.3, 0.4) is 0 Å². The molecule has 0 bridgehead atoms. The standard InChI is InChI=1S/C37H29N3O9S2/c1-20-28(37(48)49-2)34(51-29(20)32(42)38-23-12-7-4-8-13-23)40-33(43)30(21-10-5-3-6-11-21)50-25-15-9-14-24(19-25)39-31(41)26-17-16-22(35(44)45)18-27(26)36(46)47/h3-19,30H,1-2H3,(H,38,42)(H,39,41)(H,40,43)(H,44,45)(H,46,47). The second kappa shape index (κ2) is 16.0. The average molecular weight is 724 g/mol. The van der Waals surface area contributed by atoms with E-state index in [1.54, 1.807) is 85.8 Å². The molecular weight excluding hydrogens is 695 g/mol. The number of hydrogen-bond donors (Lipinski definition) is 5. The summed E-state index contributed by atoms with van der Waals surface area (Å²) in [7, 11) is 1.21. The van der Waals surface area contributed by atoms with E-state index in [-0.39, 0.29) is 32.3 Å². The minimum atomic E-state index is -1.47. The smallest absolute Gasteiger partial charge is 0.341 e. The van der Waals surface area contributed by atoms with Gasteiger partial charge < -0.3 is 30.9 Å². The molecule has 0 fully saturated rings. The van der Waals surface area contributed by atoms with Gasteiger partial charge in [-0.25, -0.2) is 14.4 Å². The molecule has 12 nitrogen and oxygen atoms in total. The third-order valence-electron chi connectivity index (χ3n) is 7.44. The molecule has 258 valence electrons. The van der Waals surface area contributed by atoms with Gasteiger partial charge in [-0.3, -0.25) is 14.4 Å². The van der Waals surface area contributed by atoms with E-state index >= 15 is 0 Å². The number of carbonyl (C=O) groups is 6. The zero-order valence-electron chi connectivity index (χ0n) is 27.0. The van der Waals surface area contributed by atoms with Gasteiger partial charge in [0.1, 0.15) is 10.3 Å². The third-order valence-corrected chi connectivity index (χ3v) is 9.89. The van der Waals surface area contributed by atoms with Crippen molar-refractivity contribution in [1.29, 1.82) is 0 Å². The van der Waals surface area contributed by atoms with Crippen molar-refractivity contribution in [1.82, 2.24) is 0 Å². The molecule has 0 saturated carbocycles. The van der Waals surface area contributed by atoms with Gasteiger partial charge in [0.25, 0.3) is 11.8 Å². The molecule has 1 heterocycles. The highest BCUT2D eigenvalue weighted by molar-refractivity contribution is 8.00. The maximum atomic E-state index is 14.0. The molecule has 0 radical (unpaired) electrons. The van der Waals surface area contributed by atoms with Crippen LogP contribution in [0.1, 0.15) is 67.5 Å². The molecule has 4 aromatic carbocycles. The normalized spacial score (nSPS) is 11.2. The number of anilines is 3. The zero-order chi connectivity index (χ0) is 36.7. The molecule has 5 N–H and O–H groups in total. The Bertz CT molecular complexity index is 2150. The lowest BCUT2D eigenvalue weighted by atomic mass is 10.0. The molecular formula is C37H29N3O9S2. The largest absolute Gasteiger partial charge is 0.478 e. The predicted molar refractivity (Wildman–Crippen MR) is 193 cm³/mol. The molecule has 5 aromatic rings. The minimum absolute atomic E-state index is 0.0488. The SMILES string of the molecule is COC(=O)c1c(NC(=O)C(Sc2cccc(NC(=O)c3ccc(C(=O)O)cc3C(=O)O)c2)c2ccccc2)sc(C(=O)Nc2ccccc2)c1C. The topological polar surface area (TPSA) is 188 Å². The molecule has 0 spiro atoms. The van der Waals surface area contributed by atoms with Gasteiger partial charge in [0.2, 0.25) is 5.91 Å². The monoisotopic (exact) mass is 723 g/mol. The van der Waals surface area contributed by atoms with Crippen molar-refractivity contribution < 1.29 is 43.7 Å². The minimum Gasteiger partial charge on any atom is -0.478 e. The van der Waals surface area contributed by atoms with Gasteiger partial charge in [-0.2, -0.15) is 0 Å². The summed E-state index contributed by atoms with van der Waals surface area (Å²) < 4.78 is 4.99. The number of nitrogens with one attached hydrogen (secondary N) is 3. The molecule has 3 amide bonds. The fraction of sp³-hybridized carbons (Fsp3) is 0.0811. The predicted octanol–water partition coefficient (Wildman–Crippen LogP) is 7.22. The van der Waals surface area contributed by atoms with Crippen molar-refractivity contribution in [3.8, 4) is 0 Å². The van der Waals surface area contributed by atoms with Gasteiger partial charge in [-0.1, -0.05) is 54.6 Å². The van der Waals surface area contributed by atoms with E-state index < -0.39 is 46.4 Å². The van der Waals surface area contributed by atoms with Crippen molar-refractivity contribution in [3.63, 3.8) is 0 Å². The van der Waals surface area contributed by atoms with Crippen molar-refractivity contribution in [2.45, 2.75) is 17.1 Å². The molecule has 0 aliphatic rings. The van der Waals surface area contributed by atoms with Gasteiger partial charge in [0.05, 0.1) is 34.2 Å². The number of para-hydroxylation sites is 1. The third kappa shape index (κ3) is 8.49. The van der Waals surface area contributed by atoms with Crippen molar-refractivity contribution in [3.05, 3.63) is 141 Å². The Labute approximate surface area is 299 Å². The van der Waals surface area contributed by atoms with Crippen molar-refractivity contribution >= 4 is 75.1 Å². The van der Waals surface area contributed by atoms with E-state index in [2.05, 4.69) is 16.0 Å². The molecule has 0 aliphatic heterocycles. The van der Waals surface area contributed by atoms with Crippen LogP contribution < -0.4 is 16.0 Å². The van der Waals surface area contributed by atoms with Crippen LogP contribution in [0.2, 0.25) is 0 Å². The first-order chi connectivity index (χ1) is 24.5. The number of aromatic carboxylic acids is 2. The van der Waals surface area contributed by atoms with E-state index in [4.69, 9.17) is 4.74 Å². The zero-order valence-corrected chi connectivity index (χ0v) is 28.6. The number of ether oxygens (including phenoxy) is 1. The highest BCUT2D eigenvalue weighted by Crippen LogP contribution is 2.40. The summed E-state index contributed by atoms with van der Waals surface area (Å²) in [6, 6.07) is 27.3. The summed E-state index contributed by atoms with van der Waals surface area (Å²) in [5, 5.41) is 26.4. The van der Waals surface area contributed by atoms with Crippen LogP contribution in [0.5, 0.6) is 0 Å². The van der Waals surface area contributed by atoms with Crippen LogP contribution in [0, 0.1) is 6.92 Å². The highest BCUT2D eigenvalue weighted by atomic mass is 32.2. The highest BCUT2D eigenvalue weighted by Gasteiger charge is 2.30. The lowest BCUT2D eigenvalue weighted by Crippen LogP contribution is -2.20. The molecule has 1 atom stereocenters. The number of carbonyl (C=O) groups excluding carboxylic acids is 4. The molecule has 51 heavy (non-hydrogen) atoms. The molecule has 0 saturated heterocycles. The lowest BCUT2D eigenvalue weighted by molar-refractivity contribution is -0.115. The lowest BCUT2D eigenvalue weighted by Gasteiger charge is -2.18. The van der Waals surface area contributed by atoms with Gasteiger partial charge in [0, 0.05) is 16.3 Å². The number of carboxylic acid groups (broad SMARTS) is 2. The Morgan fingerprint density at radius 2 is 1.35 bits per heavy atom. The quantitative estimate of drug-likeness (QED) is 0.0650. The summed E-state index contributed by atoms with van der Waals surface area (Å²) in [5.41, 5.74) is 0.847. The average Bonchev–Trinajstić information content (AvgIpc) is 3.45. The Hall–Kier alpha value is -6.25. The molecule has 1 aromatic heterocycles. The van der Waals surface area contributed by atoms with Crippen molar-refractivity contribution in [2.75, 3.05) is 23.1 Å². The summed E-state index contributed by atoms with van der Waals surface area (Å²) in [6.07, 6.45) is 0. The first-order valence-electron chi connectivity index (χ1n) is 15.1. The van der Waals surface area contributed by atoms with Crippen LogP contribution in [0.25, 0.3) is 0 Å². The van der Waals surface area contributed by atoms with Crippen LogP contribution in [0.4, 0.5) is 16.4 Å². The number of thioether (sulfide) groups is 1. The summed E-state index contributed by atoms with van der Waals surface area (Å²) >= 11 is 2.09. The van der Waals surface area contributed by atoms with Crippen LogP contribution in [0.15, 0.2) is 108 Å².